The van der Waals surface area contributed by atoms with Gasteiger partial charge < -0.3 is 18.7 Å². The number of hydrogen-bond acceptors (Lipinski definition) is 6. The highest BCUT2D eigenvalue weighted by Gasteiger charge is 2.42. The first-order valence-corrected chi connectivity index (χ1v) is 7.78. The molecule has 132 valence electrons. The quantitative estimate of drug-likeness (QED) is 0.834. The van der Waals surface area contributed by atoms with Crippen LogP contribution in [0.15, 0.2) is 46.2 Å². The number of amides is 1. The molecule has 1 amide bonds. The Hall–Kier alpha value is -2.96. The van der Waals surface area contributed by atoms with Crippen LogP contribution in [-0.2, 0) is 16.2 Å². The van der Waals surface area contributed by atoms with Gasteiger partial charge in [0.1, 0.15) is 11.5 Å². The zero-order chi connectivity index (χ0) is 18.0. The van der Waals surface area contributed by atoms with Crippen molar-refractivity contribution in [3.8, 4) is 11.5 Å². The van der Waals surface area contributed by atoms with Crippen LogP contribution in [0.2, 0.25) is 0 Å². The van der Waals surface area contributed by atoms with E-state index < -0.39 is 5.60 Å². The molecule has 7 nitrogen and oxygen atoms in total. The fourth-order valence-corrected chi connectivity index (χ4v) is 2.54. The van der Waals surface area contributed by atoms with E-state index in [-0.39, 0.29) is 12.5 Å². The predicted octanol–water partition coefficient (Wildman–Crippen LogP) is 2.80. The van der Waals surface area contributed by atoms with Gasteiger partial charge in [0.05, 0.1) is 27.0 Å². The number of furan rings is 1. The summed E-state index contributed by atoms with van der Waals surface area (Å²) in [7, 11) is 3.16. The summed E-state index contributed by atoms with van der Waals surface area (Å²) in [5.74, 6) is 1.86. The Morgan fingerprint density at radius 3 is 2.40 bits per heavy atom. The molecular formula is C18H20N2O5. The summed E-state index contributed by atoms with van der Waals surface area (Å²) in [6, 6.07) is 8.92. The van der Waals surface area contributed by atoms with Gasteiger partial charge in [0.2, 0.25) is 11.4 Å². The topological polar surface area (TPSA) is 73.5 Å². The monoisotopic (exact) mass is 344 g/mol. The molecule has 2 heterocycles. The molecule has 0 spiro atoms. The maximum Gasteiger partial charge on any atom is 0.275 e. The first kappa shape index (κ1) is 16.9. The maximum absolute atomic E-state index is 12.9. The molecule has 0 saturated carbocycles. The average molecular weight is 344 g/mol. The summed E-state index contributed by atoms with van der Waals surface area (Å²) >= 11 is 0. The van der Waals surface area contributed by atoms with Crippen molar-refractivity contribution in [1.29, 1.82) is 0 Å². The fraction of sp³-hybridized carbons (Fsp3) is 0.333. The smallest absolute Gasteiger partial charge is 0.275 e. The molecule has 0 unspecified atom stereocenters. The Kier molecular flexibility index (Phi) is 4.39. The second-order valence-corrected chi connectivity index (χ2v) is 6.11. The molecule has 25 heavy (non-hydrogen) atoms. The Morgan fingerprint density at radius 1 is 1.16 bits per heavy atom. The molecule has 0 bridgehead atoms. The van der Waals surface area contributed by atoms with E-state index in [1.807, 2.05) is 12.1 Å². The fourth-order valence-electron chi connectivity index (χ4n) is 2.54. The number of oxime groups is 1. The number of rotatable bonds is 5. The van der Waals surface area contributed by atoms with Crippen molar-refractivity contribution >= 4 is 11.7 Å². The summed E-state index contributed by atoms with van der Waals surface area (Å²) in [5, 5.41) is 4.10. The molecule has 1 aromatic heterocycles. The van der Waals surface area contributed by atoms with Gasteiger partial charge in [0.25, 0.3) is 5.91 Å². The van der Waals surface area contributed by atoms with Crippen LogP contribution in [0.1, 0.15) is 25.2 Å². The van der Waals surface area contributed by atoms with Crippen LogP contribution in [0, 0.1) is 0 Å². The molecule has 2 aromatic rings. The lowest BCUT2D eigenvalue weighted by Crippen LogP contribution is -2.52. The van der Waals surface area contributed by atoms with Gasteiger partial charge in [-0.05, 0) is 43.7 Å². The standard InChI is InChI=1S/C18H20N2O5/c1-18(2)17(21)20(16(19-25-18)15-6-5-7-24-15)11-12-8-13(22-3)10-14(9-12)23-4/h5-10H,11H2,1-4H3. The van der Waals surface area contributed by atoms with E-state index in [0.29, 0.717) is 23.1 Å². The van der Waals surface area contributed by atoms with E-state index in [2.05, 4.69) is 5.16 Å². The van der Waals surface area contributed by atoms with Crippen molar-refractivity contribution < 1.29 is 23.5 Å². The molecule has 1 aliphatic rings. The van der Waals surface area contributed by atoms with Crippen molar-refractivity contribution in [3.63, 3.8) is 0 Å². The second-order valence-electron chi connectivity index (χ2n) is 6.11. The summed E-state index contributed by atoms with van der Waals surface area (Å²) in [6.07, 6.45) is 1.52. The Labute approximate surface area is 145 Å². The largest absolute Gasteiger partial charge is 0.497 e. The highest BCUT2D eigenvalue weighted by Crippen LogP contribution is 2.28. The lowest BCUT2D eigenvalue weighted by molar-refractivity contribution is -0.155. The highest BCUT2D eigenvalue weighted by molar-refractivity contribution is 6.09. The minimum absolute atomic E-state index is 0.212. The Morgan fingerprint density at radius 2 is 1.84 bits per heavy atom. The van der Waals surface area contributed by atoms with Crippen molar-refractivity contribution in [1.82, 2.24) is 4.90 Å². The Balaban J connectivity index is 1.99. The lowest BCUT2D eigenvalue weighted by Gasteiger charge is -2.34. The van der Waals surface area contributed by atoms with Crippen molar-refractivity contribution in [2.75, 3.05) is 14.2 Å². The third-order valence-electron chi connectivity index (χ3n) is 3.87. The van der Waals surface area contributed by atoms with Crippen molar-refractivity contribution in [2.45, 2.75) is 26.0 Å². The molecule has 0 atom stereocenters. The summed E-state index contributed by atoms with van der Waals surface area (Å²) in [6.45, 7) is 3.63. The van der Waals surface area contributed by atoms with E-state index in [0.717, 1.165) is 5.56 Å². The van der Waals surface area contributed by atoms with Gasteiger partial charge in [-0.3, -0.25) is 9.69 Å². The van der Waals surface area contributed by atoms with Gasteiger partial charge in [-0.25, -0.2) is 0 Å². The maximum atomic E-state index is 12.9. The van der Waals surface area contributed by atoms with Crippen LogP contribution in [-0.4, -0.2) is 36.5 Å². The third-order valence-corrected chi connectivity index (χ3v) is 3.87. The van der Waals surface area contributed by atoms with E-state index >= 15 is 0 Å². The third kappa shape index (κ3) is 3.31. The van der Waals surface area contributed by atoms with Gasteiger partial charge in [-0.2, -0.15) is 0 Å². The number of benzene rings is 1. The van der Waals surface area contributed by atoms with Crippen LogP contribution in [0.25, 0.3) is 0 Å². The van der Waals surface area contributed by atoms with Crippen LogP contribution in [0.5, 0.6) is 11.5 Å². The van der Waals surface area contributed by atoms with Gasteiger partial charge in [0, 0.05) is 6.07 Å². The number of carbonyl (C=O) groups is 1. The van der Waals surface area contributed by atoms with Gasteiger partial charge in [-0.1, -0.05) is 5.16 Å². The number of carbonyl (C=O) groups excluding carboxylic acids is 1. The van der Waals surface area contributed by atoms with Crippen LogP contribution in [0.3, 0.4) is 0 Å². The van der Waals surface area contributed by atoms with Crippen molar-refractivity contribution in [3.05, 3.63) is 47.9 Å². The lowest BCUT2D eigenvalue weighted by atomic mass is 10.1. The zero-order valence-electron chi connectivity index (χ0n) is 14.6. The van der Waals surface area contributed by atoms with Crippen LogP contribution in [0.4, 0.5) is 0 Å². The number of ether oxygens (including phenoxy) is 2. The number of amidine groups is 1. The SMILES string of the molecule is COc1cc(CN2C(=O)C(C)(C)ON=C2c2ccco2)cc(OC)c1. The number of nitrogens with zero attached hydrogens (tertiary/aromatic N) is 2. The Bertz CT molecular complexity index is 774. The number of methoxy groups -OCH3 is 2. The van der Waals surface area contributed by atoms with E-state index in [1.165, 1.54) is 11.2 Å². The molecule has 7 heteroatoms. The molecule has 0 radical (unpaired) electrons. The summed E-state index contributed by atoms with van der Waals surface area (Å²) < 4.78 is 16.0. The number of hydrogen-bond donors (Lipinski definition) is 0. The first-order valence-electron chi connectivity index (χ1n) is 7.78. The molecular weight excluding hydrogens is 324 g/mol. The summed E-state index contributed by atoms with van der Waals surface area (Å²) in [4.78, 5) is 19.8. The minimum atomic E-state index is -1.06. The first-order chi connectivity index (χ1) is 11.9. The molecule has 0 aliphatic carbocycles. The van der Waals surface area contributed by atoms with Gasteiger partial charge >= 0.3 is 0 Å². The second kappa shape index (κ2) is 6.51. The van der Waals surface area contributed by atoms with E-state index in [4.69, 9.17) is 18.7 Å². The molecule has 1 aromatic carbocycles. The molecule has 0 fully saturated rings. The molecule has 0 saturated heterocycles. The van der Waals surface area contributed by atoms with Crippen LogP contribution >= 0.6 is 0 Å². The average Bonchev–Trinajstić information content (AvgIpc) is 3.13. The molecule has 1 aliphatic heterocycles. The minimum Gasteiger partial charge on any atom is -0.497 e. The predicted molar refractivity (Wildman–Crippen MR) is 90.5 cm³/mol. The van der Waals surface area contributed by atoms with Gasteiger partial charge in [0.15, 0.2) is 5.76 Å². The molecule has 0 N–H and O–H groups in total. The van der Waals surface area contributed by atoms with E-state index in [9.17, 15) is 4.79 Å². The van der Waals surface area contributed by atoms with Crippen LogP contribution < -0.4 is 9.47 Å². The van der Waals surface area contributed by atoms with Gasteiger partial charge in [-0.15, -0.1) is 0 Å². The zero-order valence-corrected chi connectivity index (χ0v) is 14.6. The van der Waals surface area contributed by atoms with E-state index in [1.54, 1.807) is 46.3 Å². The summed E-state index contributed by atoms with van der Waals surface area (Å²) in [5.41, 5.74) is -0.222. The normalized spacial score (nSPS) is 16.2. The molecule has 3 rings (SSSR count). The highest BCUT2D eigenvalue weighted by atomic mass is 16.7. The van der Waals surface area contributed by atoms with Crippen molar-refractivity contribution in [2.24, 2.45) is 5.16 Å².